The molecule has 256 valence electrons. The Balaban J connectivity index is 0.00000240. The monoisotopic (exact) mass is 690 g/mol. The van der Waals surface area contributed by atoms with Gasteiger partial charge in [-0.15, -0.1) is 24.8 Å². The zero-order valence-corrected chi connectivity index (χ0v) is 27.5. The van der Waals surface area contributed by atoms with Gasteiger partial charge in [0, 0.05) is 82.0 Å². The zero-order chi connectivity index (χ0) is 30.7. The second kappa shape index (κ2) is 16.1. The first-order valence-corrected chi connectivity index (χ1v) is 16.0. The highest BCUT2D eigenvalue weighted by Crippen LogP contribution is 2.45. The van der Waals surface area contributed by atoms with Gasteiger partial charge >= 0.3 is 6.18 Å². The fourth-order valence-corrected chi connectivity index (χ4v) is 7.02. The number of nitrogens with zero attached hydrogens (tertiary/aromatic N) is 2. The number of hydrogen-bond donors (Lipinski definition) is 2. The lowest BCUT2D eigenvalue weighted by molar-refractivity contribution is -0.182. The molecule has 4 fully saturated rings. The summed E-state index contributed by atoms with van der Waals surface area (Å²) in [5, 5.41) is 6.58. The van der Waals surface area contributed by atoms with Crippen molar-refractivity contribution in [3.8, 4) is 11.5 Å². The molecule has 0 radical (unpaired) electrons. The zero-order valence-electron chi connectivity index (χ0n) is 25.8. The summed E-state index contributed by atoms with van der Waals surface area (Å²) >= 11 is 0. The lowest BCUT2D eigenvalue weighted by Crippen LogP contribution is -2.43. The predicted octanol–water partition coefficient (Wildman–Crippen LogP) is 6.34. The third-order valence-corrected chi connectivity index (χ3v) is 9.57. The van der Waals surface area contributed by atoms with Crippen LogP contribution in [0, 0.1) is 11.7 Å². The number of carbonyl (C=O) groups is 1. The number of alkyl halides is 3. The van der Waals surface area contributed by atoms with Crippen molar-refractivity contribution in [3.05, 3.63) is 53.3 Å². The summed E-state index contributed by atoms with van der Waals surface area (Å²) < 4.78 is 67.0. The third-order valence-electron chi connectivity index (χ3n) is 9.57. The van der Waals surface area contributed by atoms with Crippen LogP contribution in [-0.2, 0) is 0 Å². The van der Waals surface area contributed by atoms with Crippen LogP contribution in [0.4, 0.5) is 23.2 Å². The highest BCUT2D eigenvalue weighted by molar-refractivity contribution is 5.94. The molecule has 3 aliphatic heterocycles. The molecule has 1 saturated carbocycles. The van der Waals surface area contributed by atoms with Gasteiger partial charge in [0.15, 0.2) is 0 Å². The Morgan fingerprint density at radius 1 is 0.783 bits per heavy atom. The summed E-state index contributed by atoms with van der Waals surface area (Å²) in [7, 11) is 0. The molecule has 4 aliphatic rings. The largest absolute Gasteiger partial charge is 0.490 e. The van der Waals surface area contributed by atoms with Crippen LogP contribution in [0.5, 0.6) is 11.5 Å². The van der Waals surface area contributed by atoms with Gasteiger partial charge in [0.2, 0.25) is 0 Å². The molecule has 0 bridgehead atoms. The normalized spacial score (nSPS) is 24.1. The number of amides is 1. The Kier molecular flexibility index (Phi) is 12.7. The van der Waals surface area contributed by atoms with Gasteiger partial charge in [0.1, 0.15) is 29.5 Å². The van der Waals surface area contributed by atoms with Crippen molar-refractivity contribution >= 4 is 36.4 Å². The molecule has 0 aromatic heterocycles. The van der Waals surface area contributed by atoms with E-state index in [9.17, 15) is 22.4 Å². The molecule has 1 atom stereocenters. The number of ether oxygens (including phenoxy) is 2. The number of carbonyl (C=O) groups excluding carboxylic acids is 1. The van der Waals surface area contributed by atoms with E-state index >= 15 is 0 Å². The topological polar surface area (TPSA) is 66.1 Å². The first-order chi connectivity index (χ1) is 21.2. The summed E-state index contributed by atoms with van der Waals surface area (Å²) in [5.74, 6) is -0.606. The van der Waals surface area contributed by atoms with Crippen LogP contribution < -0.4 is 25.0 Å². The van der Waals surface area contributed by atoms with Gasteiger partial charge in [-0.3, -0.25) is 4.79 Å². The minimum Gasteiger partial charge on any atom is -0.490 e. The lowest BCUT2D eigenvalue weighted by Gasteiger charge is -2.34. The number of piperazine rings is 1. The smallest absolute Gasteiger partial charge is 0.391 e. The Morgan fingerprint density at radius 3 is 2.15 bits per heavy atom. The van der Waals surface area contributed by atoms with Crippen LogP contribution >= 0.6 is 24.8 Å². The first-order valence-electron chi connectivity index (χ1n) is 16.0. The fourth-order valence-electron chi connectivity index (χ4n) is 7.02. The van der Waals surface area contributed by atoms with Crippen molar-refractivity contribution < 1.29 is 31.8 Å². The van der Waals surface area contributed by atoms with Gasteiger partial charge in [0.05, 0.1) is 5.92 Å². The van der Waals surface area contributed by atoms with Gasteiger partial charge in [0.25, 0.3) is 5.91 Å². The highest BCUT2D eigenvalue weighted by Gasteiger charge is 2.42. The Morgan fingerprint density at radius 2 is 1.50 bits per heavy atom. The molecule has 1 aliphatic carbocycles. The van der Waals surface area contributed by atoms with Crippen molar-refractivity contribution in [2.24, 2.45) is 5.92 Å². The van der Waals surface area contributed by atoms with E-state index in [0.717, 1.165) is 56.9 Å². The summed E-state index contributed by atoms with van der Waals surface area (Å²) in [6, 6.07) is 10.3. The molecule has 2 aromatic carbocycles. The minimum absolute atomic E-state index is 0. The molecular weight excluding hydrogens is 647 g/mol. The van der Waals surface area contributed by atoms with E-state index in [1.165, 1.54) is 12.1 Å². The number of halogens is 6. The second-order valence-electron chi connectivity index (χ2n) is 12.6. The average Bonchev–Trinajstić information content (AvgIpc) is 3.54. The SMILES string of the molecule is Cl.Cl.O=C(c1ccc(O[C@H]2CCNC2)c([C@H]2CC[C@H](C(F)(F)F)CC2)c1)N1CCC(Oc2cc(F)cc(N3CCNCC3)c2)CC1. The molecular formula is C33H44Cl2F4N4O3. The Hall–Kier alpha value is -2.47. The number of benzene rings is 2. The maximum Gasteiger partial charge on any atom is 0.391 e. The highest BCUT2D eigenvalue weighted by atomic mass is 35.5. The Labute approximate surface area is 280 Å². The van der Waals surface area contributed by atoms with Crippen LogP contribution in [0.25, 0.3) is 0 Å². The summed E-state index contributed by atoms with van der Waals surface area (Å²) in [6.45, 7) is 5.92. The van der Waals surface area contributed by atoms with E-state index in [1.54, 1.807) is 11.0 Å². The maximum absolute atomic E-state index is 14.4. The van der Waals surface area contributed by atoms with Gasteiger partial charge in [-0.25, -0.2) is 4.39 Å². The van der Waals surface area contributed by atoms with Crippen LogP contribution in [0.3, 0.4) is 0 Å². The van der Waals surface area contributed by atoms with Crippen LogP contribution in [0.15, 0.2) is 36.4 Å². The molecule has 0 unspecified atom stereocenters. The van der Waals surface area contributed by atoms with Crippen LogP contribution in [0.2, 0.25) is 0 Å². The number of piperidine rings is 1. The van der Waals surface area contributed by atoms with Crippen LogP contribution in [0.1, 0.15) is 66.8 Å². The van der Waals surface area contributed by atoms with Crippen LogP contribution in [-0.4, -0.2) is 81.5 Å². The number of likely N-dealkylation sites (tertiary alicyclic amines) is 1. The lowest BCUT2D eigenvalue weighted by atomic mass is 9.78. The van der Waals surface area contributed by atoms with E-state index in [2.05, 4.69) is 15.5 Å². The van der Waals surface area contributed by atoms with E-state index in [4.69, 9.17) is 9.47 Å². The molecule has 0 spiro atoms. The van der Waals surface area contributed by atoms with Crippen molar-refractivity contribution in [1.29, 1.82) is 0 Å². The Bertz CT molecular complexity index is 1290. The molecule has 1 amide bonds. The molecule has 6 rings (SSSR count). The number of nitrogens with one attached hydrogen (secondary N) is 2. The first kappa shape index (κ1) is 36.4. The number of anilines is 1. The summed E-state index contributed by atoms with van der Waals surface area (Å²) in [5.41, 5.74) is 2.18. The quantitative estimate of drug-likeness (QED) is 0.331. The molecule has 46 heavy (non-hydrogen) atoms. The minimum atomic E-state index is -4.17. The summed E-state index contributed by atoms with van der Waals surface area (Å²) in [4.78, 5) is 17.6. The van der Waals surface area contributed by atoms with Crippen molar-refractivity contribution in [1.82, 2.24) is 15.5 Å². The number of hydrogen-bond acceptors (Lipinski definition) is 6. The third kappa shape index (κ3) is 8.90. The van der Waals surface area contributed by atoms with Crippen molar-refractivity contribution in [3.63, 3.8) is 0 Å². The second-order valence-corrected chi connectivity index (χ2v) is 12.6. The van der Waals surface area contributed by atoms with E-state index in [1.807, 2.05) is 18.2 Å². The maximum atomic E-state index is 14.4. The molecule has 3 heterocycles. The molecule has 13 heteroatoms. The predicted molar refractivity (Wildman–Crippen MR) is 175 cm³/mol. The average molecular weight is 692 g/mol. The van der Waals surface area contributed by atoms with E-state index in [-0.39, 0.29) is 67.5 Å². The van der Waals surface area contributed by atoms with E-state index in [0.29, 0.717) is 55.8 Å². The molecule has 7 nitrogen and oxygen atoms in total. The molecule has 2 aromatic rings. The fraction of sp³-hybridized carbons (Fsp3) is 0.606. The molecule has 3 saturated heterocycles. The van der Waals surface area contributed by atoms with Crippen molar-refractivity contribution in [2.75, 3.05) is 57.3 Å². The van der Waals surface area contributed by atoms with Crippen molar-refractivity contribution in [2.45, 2.75) is 69.2 Å². The van der Waals surface area contributed by atoms with Gasteiger partial charge in [-0.1, -0.05) is 0 Å². The van der Waals surface area contributed by atoms with Gasteiger partial charge < -0.3 is 29.9 Å². The summed E-state index contributed by atoms with van der Waals surface area (Å²) in [6.07, 6.45) is -1.18. The van der Waals surface area contributed by atoms with Gasteiger partial charge in [-0.05, 0) is 74.4 Å². The van der Waals surface area contributed by atoms with E-state index < -0.39 is 12.1 Å². The van der Waals surface area contributed by atoms with Gasteiger partial charge in [-0.2, -0.15) is 13.2 Å². The number of rotatable bonds is 7. The molecule has 2 N–H and O–H groups in total. The standard InChI is InChI=1S/C33H42F4N4O3.2ClH/c34-25-18-26(40-15-11-38-12-16-40)20-29(19-25)43-27-8-13-41(14-9-27)32(42)23-3-6-31(44-28-7-10-39-21-28)30(17-23)22-1-4-24(5-2-22)33(35,36)37;;/h3,6,17-20,22,24,27-28,38-39H,1-2,4-5,7-16,21H2;2*1H/t22-,24-,28-;;/m0../s1.